The molecule has 1 aliphatic heterocycles. The van der Waals surface area contributed by atoms with E-state index in [9.17, 15) is 0 Å². The maximum Gasteiger partial charge on any atom is 0.0786 e. The Kier molecular flexibility index (Phi) is 4.39. The molecule has 0 aromatic heterocycles. The average molecular weight is 227 g/mol. The Morgan fingerprint density at radius 1 is 1.00 bits per heavy atom. The lowest BCUT2D eigenvalue weighted by Gasteiger charge is -2.29. The Morgan fingerprint density at radius 3 is 2.33 bits per heavy atom. The highest BCUT2D eigenvalue weighted by molar-refractivity contribution is 7.80. The number of nitrogens with one attached hydrogen (secondary N) is 1. The third-order valence-corrected chi connectivity index (χ3v) is 3.99. The molecule has 0 aromatic rings. The largest absolute Gasteiger partial charge is 0.381 e. The molecule has 0 atom stereocenters. The first kappa shape index (κ1) is 11.3. The van der Waals surface area contributed by atoms with Gasteiger partial charge in [0.15, 0.2) is 0 Å². The van der Waals surface area contributed by atoms with Gasteiger partial charge in [-0.15, -0.1) is 0 Å². The number of rotatable bonds is 2. The van der Waals surface area contributed by atoms with E-state index in [4.69, 9.17) is 17.0 Å². The van der Waals surface area contributed by atoms with E-state index in [1.807, 2.05) is 0 Å². The standard InChI is InChI=1S/C12H21NOS/c15-12(10-4-2-1-3-5-10)13-11-6-8-14-9-7-11/h10-11H,1-9H2,(H,13,15). The van der Waals surface area contributed by atoms with Gasteiger partial charge in [0.05, 0.1) is 4.99 Å². The number of ether oxygens (including phenoxy) is 1. The molecule has 1 heterocycles. The van der Waals surface area contributed by atoms with Crippen LogP contribution in [-0.4, -0.2) is 24.2 Å². The molecule has 2 nitrogen and oxygen atoms in total. The van der Waals surface area contributed by atoms with Crippen LogP contribution in [0.15, 0.2) is 0 Å². The Labute approximate surface area is 97.8 Å². The van der Waals surface area contributed by atoms with Gasteiger partial charge >= 0.3 is 0 Å². The summed E-state index contributed by atoms with van der Waals surface area (Å²) in [7, 11) is 0. The molecule has 2 aliphatic rings. The zero-order chi connectivity index (χ0) is 10.5. The second-order valence-corrected chi connectivity index (χ2v) is 5.17. The summed E-state index contributed by atoms with van der Waals surface area (Å²) in [4.78, 5) is 1.13. The van der Waals surface area contributed by atoms with Gasteiger partial charge in [0.25, 0.3) is 0 Å². The van der Waals surface area contributed by atoms with Gasteiger partial charge in [-0.3, -0.25) is 0 Å². The molecular formula is C12H21NOS. The third-order valence-electron chi connectivity index (χ3n) is 3.54. The monoisotopic (exact) mass is 227 g/mol. The Bertz CT molecular complexity index is 208. The van der Waals surface area contributed by atoms with E-state index in [-0.39, 0.29) is 0 Å². The lowest BCUT2D eigenvalue weighted by molar-refractivity contribution is 0.0822. The van der Waals surface area contributed by atoms with Gasteiger partial charge in [-0.25, -0.2) is 0 Å². The van der Waals surface area contributed by atoms with Crippen molar-refractivity contribution in [2.75, 3.05) is 13.2 Å². The van der Waals surface area contributed by atoms with Crippen LogP contribution < -0.4 is 5.32 Å². The van der Waals surface area contributed by atoms with E-state index < -0.39 is 0 Å². The molecule has 0 spiro atoms. The van der Waals surface area contributed by atoms with Crippen molar-refractivity contribution in [2.24, 2.45) is 5.92 Å². The van der Waals surface area contributed by atoms with Crippen molar-refractivity contribution in [3.63, 3.8) is 0 Å². The molecule has 1 saturated carbocycles. The minimum atomic E-state index is 0.577. The van der Waals surface area contributed by atoms with Gasteiger partial charge in [-0.1, -0.05) is 31.5 Å². The lowest BCUT2D eigenvalue weighted by Crippen LogP contribution is -2.41. The first-order chi connectivity index (χ1) is 7.36. The Hall–Kier alpha value is -0.150. The van der Waals surface area contributed by atoms with Crippen molar-refractivity contribution >= 4 is 17.2 Å². The molecule has 2 rings (SSSR count). The fourth-order valence-corrected chi connectivity index (χ4v) is 2.93. The molecule has 15 heavy (non-hydrogen) atoms. The van der Waals surface area contributed by atoms with E-state index in [1.54, 1.807) is 0 Å². The Balaban J connectivity index is 1.74. The SMILES string of the molecule is S=C(NC1CCOCC1)C1CCCCC1. The summed E-state index contributed by atoms with van der Waals surface area (Å²) in [5.74, 6) is 0.664. The van der Waals surface area contributed by atoms with Crippen molar-refractivity contribution in [1.82, 2.24) is 5.32 Å². The Morgan fingerprint density at radius 2 is 1.67 bits per heavy atom. The zero-order valence-corrected chi connectivity index (χ0v) is 10.2. The minimum absolute atomic E-state index is 0.577. The van der Waals surface area contributed by atoms with Crippen molar-refractivity contribution in [2.45, 2.75) is 51.0 Å². The summed E-state index contributed by atoms with van der Waals surface area (Å²) in [5.41, 5.74) is 0. The maximum absolute atomic E-state index is 5.50. The highest BCUT2D eigenvalue weighted by atomic mass is 32.1. The predicted octanol–water partition coefficient (Wildman–Crippen LogP) is 2.66. The quantitative estimate of drug-likeness (QED) is 0.733. The van der Waals surface area contributed by atoms with E-state index in [1.165, 1.54) is 32.1 Å². The summed E-state index contributed by atoms with van der Waals surface area (Å²) >= 11 is 5.50. The van der Waals surface area contributed by atoms with Crippen LogP contribution in [0, 0.1) is 5.92 Å². The number of hydrogen-bond donors (Lipinski definition) is 1. The molecule has 1 N–H and O–H groups in total. The predicted molar refractivity (Wildman–Crippen MR) is 66.1 cm³/mol. The van der Waals surface area contributed by atoms with E-state index in [0.717, 1.165) is 31.0 Å². The summed E-state index contributed by atoms with van der Waals surface area (Å²) in [5, 5.41) is 3.54. The van der Waals surface area contributed by atoms with Crippen molar-refractivity contribution < 1.29 is 4.74 Å². The first-order valence-electron chi connectivity index (χ1n) is 6.24. The molecule has 0 radical (unpaired) electrons. The molecule has 2 fully saturated rings. The third kappa shape index (κ3) is 3.42. The van der Waals surface area contributed by atoms with Crippen LogP contribution in [-0.2, 0) is 4.74 Å². The second-order valence-electron chi connectivity index (χ2n) is 4.73. The van der Waals surface area contributed by atoms with Gasteiger partial charge in [0, 0.05) is 25.2 Å². The maximum atomic E-state index is 5.50. The van der Waals surface area contributed by atoms with Crippen LogP contribution in [0.1, 0.15) is 44.9 Å². The summed E-state index contributed by atoms with van der Waals surface area (Å²) in [6.07, 6.45) is 8.96. The highest BCUT2D eigenvalue weighted by Gasteiger charge is 2.21. The fraction of sp³-hybridized carbons (Fsp3) is 0.917. The normalized spacial score (nSPS) is 25.1. The van der Waals surface area contributed by atoms with Crippen LogP contribution in [0.5, 0.6) is 0 Å². The van der Waals surface area contributed by atoms with E-state index >= 15 is 0 Å². The molecule has 0 aromatic carbocycles. The zero-order valence-electron chi connectivity index (χ0n) is 9.34. The van der Waals surface area contributed by atoms with Crippen LogP contribution in [0.25, 0.3) is 0 Å². The van der Waals surface area contributed by atoms with Crippen molar-refractivity contribution in [1.29, 1.82) is 0 Å². The van der Waals surface area contributed by atoms with Crippen LogP contribution in [0.3, 0.4) is 0 Å². The second kappa shape index (κ2) is 5.80. The summed E-state index contributed by atoms with van der Waals surface area (Å²) in [6.45, 7) is 1.79. The number of hydrogen-bond acceptors (Lipinski definition) is 2. The molecule has 3 heteroatoms. The smallest absolute Gasteiger partial charge is 0.0786 e. The molecule has 1 saturated heterocycles. The molecule has 86 valence electrons. The fourth-order valence-electron chi connectivity index (χ4n) is 2.53. The van der Waals surface area contributed by atoms with Crippen LogP contribution in [0.4, 0.5) is 0 Å². The van der Waals surface area contributed by atoms with E-state index in [0.29, 0.717) is 12.0 Å². The summed E-state index contributed by atoms with van der Waals surface area (Å²) in [6, 6.07) is 0.577. The topological polar surface area (TPSA) is 21.3 Å². The molecule has 1 aliphatic carbocycles. The molecule has 0 amide bonds. The molecule has 0 unspecified atom stereocenters. The van der Waals surface area contributed by atoms with Crippen LogP contribution >= 0.6 is 12.2 Å². The lowest BCUT2D eigenvalue weighted by atomic mass is 9.89. The molecular weight excluding hydrogens is 206 g/mol. The van der Waals surface area contributed by atoms with Gasteiger partial charge in [-0.2, -0.15) is 0 Å². The number of thiocarbonyl (C=S) groups is 1. The molecule has 0 bridgehead atoms. The first-order valence-corrected chi connectivity index (χ1v) is 6.65. The highest BCUT2D eigenvalue weighted by Crippen LogP contribution is 2.24. The van der Waals surface area contributed by atoms with Gasteiger partial charge in [-0.05, 0) is 25.7 Å². The van der Waals surface area contributed by atoms with Gasteiger partial charge in [0.1, 0.15) is 0 Å². The van der Waals surface area contributed by atoms with Gasteiger partial charge in [0.2, 0.25) is 0 Å². The average Bonchev–Trinajstić information content (AvgIpc) is 2.31. The van der Waals surface area contributed by atoms with Crippen molar-refractivity contribution in [3.8, 4) is 0 Å². The van der Waals surface area contributed by atoms with Gasteiger partial charge < -0.3 is 10.1 Å². The van der Waals surface area contributed by atoms with Crippen molar-refractivity contribution in [3.05, 3.63) is 0 Å². The minimum Gasteiger partial charge on any atom is -0.381 e. The summed E-state index contributed by atoms with van der Waals surface area (Å²) < 4.78 is 5.34. The van der Waals surface area contributed by atoms with Crippen LogP contribution in [0.2, 0.25) is 0 Å². The van der Waals surface area contributed by atoms with E-state index in [2.05, 4.69) is 5.32 Å².